The van der Waals surface area contributed by atoms with Crippen LogP contribution in [-0.2, 0) is 0 Å². The van der Waals surface area contributed by atoms with E-state index in [1.54, 1.807) is 0 Å². The Morgan fingerprint density at radius 2 is 0.840 bits per heavy atom. The first kappa shape index (κ1) is 28.4. The Hall–Kier alpha value is -6.57. The molecule has 1 nitrogen and oxygen atoms in total. The van der Waals surface area contributed by atoms with Crippen LogP contribution in [0.25, 0.3) is 98.5 Å². The average Bonchev–Trinajstić information content (AvgIpc) is 3.19. The van der Waals surface area contributed by atoms with Gasteiger partial charge in [0.05, 0.1) is 5.52 Å². The first-order chi connectivity index (χ1) is 24.8. The molecule has 0 aliphatic rings. The van der Waals surface area contributed by atoms with E-state index in [0.29, 0.717) is 0 Å². The highest BCUT2D eigenvalue weighted by molar-refractivity contribution is 6.22. The predicted octanol–water partition coefficient (Wildman–Crippen LogP) is 13.5. The molecule has 10 aromatic rings. The minimum absolute atomic E-state index is 1.05. The molecule has 0 bridgehead atoms. The molecule has 1 heterocycles. The fourth-order valence-electron chi connectivity index (χ4n) is 7.94. The van der Waals surface area contributed by atoms with Gasteiger partial charge in [-0.15, -0.1) is 0 Å². The smallest absolute Gasteiger partial charge is 0.0786 e. The lowest BCUT2D eigenvalue weighted by Gasteiger charge is -2.19. The molecule has 0 radical (unpaired) electrons. The average molecular weight is 634 g/mol. The van der Waals surface area contributed by atoms with E-state index in [2.05, 4.69) is 176 Å². The Morgan fingerprint density at radius 1 is 0.300 bits per heavy atom. The van der Waals surface area contributed by atoms with Crippen LogP contribution in [0.3, 0.4) is 0 Å². The van der Waals surface area contributed by atoms with Crippen LogP contribution in [0.5, 0.6) is 0 Å². The Balaban J connectivity index is 1.15. The molecule has 0 unspecified atom stereocenters. The van der Waals surface area contributed by atoms with Gasteiger partial charge < -0.3 is 0 Å². The van der Waals surface area contributed by atoms with Crippen molar-refractivity contribution in [1.82, 2.24) is 4.98 Å². The van der Waals surface area contributed by atoms with E-state index in [1.807, 2.05) is 12.3 Å². The largest absolute Gasteiger partial charge is 0.256 e. The lowest BCUT2D eigenvalue weighted by molar-refractivity contribution is 1.43. The first-order valence-electron chi connectivity index (χ1n) is 17.2. The van der Waals surface area contributed by atoms with Gasteiger partial charge in [-0.3, -0.25) is 4.98 Å². The molecule has 0 saturated heterocycles. The Morgan fingerprint density at radius 3 is 1.58 bits per heavy atom. The topological polar surface area (TPSA) is 12.9 Å². The second kappa shape index (κ2) is 11.5. The number of benzene rings is 9. The van der Waals surface area contributed by atoms with Crippen LogP contribution in [0.4, 0.5) is 0 Å². The zero-order valence-corrected chi connectivity index (χ0v) is 27.3. The molecule has 0 amide bonds. The van der Waals surface area contributed by atoms with Gasteiger partial charge >= 0.3 is 0 Å². The lowest BCUT2D eigenvalue weighted by atomic mass is 9.85. The standard InChI is InChI=1S/C49H31N/c1-3-11-32(12-4-1)46-42-17-7-8-18-43(42)47(33-13-5-2-6-14-33)45-31-39(26-27-44(45)46)37-22-23-38-30-40(25-24-36(38)29-37)41-19-9-15-34-20-21-35-16-10-28-50-49(35)48(34)41/h1-31H. The molecular formula is C49H31N. The minimum Gasteiger partial charge on any atom is -0.256 e. The molecule has 0 fully saturated rings. The van der Waals surface area contributed by atoms with Gasteiger partial charge in [0, 0.05) is 17.0 Å². The molecule has 1 heteroatoms. The van der Waals surface area contributed by atoms with Crippen molar-refractivity contribution < 1.29 is 0 Å². The van der Waals surface area contributed by atoms with Gasteiger partial charge in [-0.2, -0.15) is 0 Å². The Labute approximate surface area is 290 Å². The van der Waals surface area contributed by atoms with Gasteiger partial charge in [-0.1, -0.05) is 158 Å². The lowest BCUT2D eigenvalue weighted by Crippen LogP contribution is -1.91. The number of aromatic nitrogens is 1. The van der Waals surface area contributed by atoms with Gasteiger partial charge in [0.15, 0.2) is 0 Å². The number of hydrogen-bond acceptors (Lipinski definition) is 1. The Kier molecular flexibility index (Phi) is 6.57. The van der Waals surface area contributed by atoms with Gasteiger partial charge in [-0.25, -0.2) is 0 Å². The fourth-order valence-corrected chi connectivity index (χ4v) is 7.94. The second-order valence-corrected chi connectivity index (χ2v) is 13.1. The van der Waals surface area contributed by atoms with Crippen molar-refractivity contribution in [3.63, 3.8) is 0 Å². The van der Waals surface area contributed by atoms with E-state index in [1.165, 1.54) is 87.6 Å². The molecule has 10 rings (SSSR count). The third-order valence-corrected chi connectivity index (χ3v) is 10.2. The Bertz CT molecular complexity index is 2910. The zero-order valence-electron chi connectivity index (χ0n) is 27.3. The van der Waals surface area contributed by atoms with Gasteiger partial charge in [-0.05, 0) is 106 Å². The highest BCUT2D eigenvalue weighted by Crippen LogP contribution is 2.45. The van der Waals surface area contributed by atoms with Crippen molar-refractivity contribution in [3.8, 4) is 44.5 Å². The van der Waals surface area contributed by atoms with Crippen molar-refractivity contribution in [2.45, 2.75) is 0 Å². The molecule has 0 saturated carbocycles. The summed E-state index contributed by atoms with van der Waals surface area (Å²) in [5.41, 5.74) is 10.9. The molecule has 9 aromatic carbocycles. The van der Waals surface area contributed by atoms with Crippen LogP contribution in [0.15, 0.2) is 188 Å². The van der Waals surface area contributed by atoms with Crippen molar-refractivity contribution in [1.29, 1.82) is 0 Å². The van der Waals surface area contributed by atoms with Crippen LogP contribution in [0.2, 0.25) is 0 Å². The van der Waals surface area contributed by atoms with E-state index in [-0.39, 0.29) is 0 Å². The van der Waals surface area contributed by atoms with Crippen molar-refractivity contribution in [2.75, 3.05) is 0 Å². The molecule has 0 aliphatic carbocycles. The summed E-state index contributed by atoms with van der Waals surface area (Å²) in [5.74, 6) is 0. The van der Waals surface area contributed by atoms with Crippen LogP contribution in [0, 0.1) is 0 Å². The molecule has 50 heavy (non-hydrogen) atoms. The second-order valence-electron chi connectivity index (χ2n) is 13.1. The zero-order chi connectivity index (χ0) is 33.0. The summed E-state index contributed by atoms with van der Waals surface area (Å²) in [7, 11) is 0. The summed E-state index contributed by atoms with van der Waals surface area (Å²) in [6, 6.07) is 66.3. The maximum Gasteiger partial charge on any atom is 0.0786 e. The van der Waals surface area contributed by atoms with Crippen LogP contribution in [-0.4, -0.2) is 4.98 Å². The number of fused-ring (bicyclic) bond motifs is 6. The van der Waals surface area contributed by atoms with Gasteiger partial charge in [0.1, 0.15) is 0 Å². The number of nitrogens with zero attached hydrogens (tertiary/aromatic N) is 1. The number of pyridine rings is 1. The molecule has 232 valence electrons. The molecule has 0 aliphatic heterocycles. The molecule has 0 spiro atoms. The summed E-state index contributed by atoms with van der Waals surface area (Å²) in [5, 5.41) is 11.1. The normalized spacial score (nSPS) is 11.6. The van der Waals surface area contributed by atoms with Crippen molar-refractivity contribution in [3.05, 3.63) is 188 Å². The quantitative estimate of drug-likeness (QED) is 0.139. The van der Waals surface area contributed by atoms with Crippen LogP contribution >= 0.6 is 0 Å². The van der Waals surface area contributed by atoms with Crippen LogP contribution in [0.1, 0.15) is 0 Å². The van der Waals surface area contributed by atoms with Gasteiger partial charge in [0.25, 0.3) is 0 Å². The molecular weight excluding hydrogens is 603 g/mol. The summed E-state index contributed by atoms with van der Waals surface area (Å²) in [6.07, 6.45) is 1.89. The number of rotatable bonds is 4. The van der Waals surface area contributed by atoms with E-state index in [4.69, 9.17) is 4.98 Å². The maximum atomic E-state index is 4.79. The third kappa shape index (κ3) is 4.59. The van der Waals surface area contributed by atoms with Crippen LogP contribution < -0.4 is 0 Å². The summed E-state index contributed by atoms with van der Waals surface area (Å²) < 4.78 is 0. The number of hydrogen-bond donors (Lipinski definition) is 0. The predicted molar refractivity (Wildman–Crippen MR) is 214 cm³/mol. The SMILES string of the molecule is c1ccc(-c2c3ccccc3c(-c3ccccc3)c3cc(-c4ccc5cc(-c6cccc7ccc8cccnc8c67)ccc5c4)ccc23)cc1. The van der Waals surface area contributed by atoms with E-state index in [9.17, 15) is 0 Å². The minimum atomic E-state index is 1.05. The third-order valence-electron chi connectivity index (χ3n) is 10.2. The van der Waals surface area contributed by atoms with Crippen molar-refractivity contribution >= 4 is 54.0 Å². The summed E-state index contributed by atoms with van der Waals surface area (Å²) in [4.78, 5) is 4.79. The highest BCUT2D eigenvalue weighted by atomic mass is 14.6. The van der Waals surface area contributed by atoms with Crippen molar-refractivity contribution in [2.24, 2.45) is 0 Å². The maximum absolute atomic E-state index is 4.79. The molecule has 0 atom stereocenters. The molecule has 0 N–H and O–H groups in total. The first-order valence-corrected chi connectivity index (χ1v) is 17.2. The van der Waals surface area contributed by atoms with Gasteiger partial charge in [0.2, 0.25) is 0 Å². The molecule has 1 aromatic heterocycles. The van der Waals surface area contributed by atoms with E-state index < -0.39 is 0 Å². The van der Waals surface area contributed by atoms with E-state index in [0.717, 1.165) is 10.9 Å². The highest BCUT2D eigenvalue weighted by Gasteiger charge is 2.17. The summed E-state index contributed by atoms with van der Waals surface area (Å²) in [6.45, 7) is 0. The fraction of sp³-hybridized carbons (Fsp3) is 0. The summed E-state index contributed by atoms with van der Waals surface area (Å²) >= 11 is 0. The van der Waals surface area contributed by atoms with E-state index >= 15 is 0 Å². The monoisotopic (exact) mass is 633 g/mol.